The number of carbonyl (C=O) groups excluding carboxylic acids is 1. The van der Waals surface area contributed by atoms with Gasteiger partial charge in [0.05, 0.1) is 0 Å². The van der Waals surface area contributed by atoms with Gasteiger partial charge in [-0.1, -0.05) is 13.8 Å². The predicted molar refractivity (Wildman–Crippen MR) is 93.9 cm³/mol. The number of hydrogen-bond acceptors (Lipinski definition) is 5. The molecule has 0 heterocycles. The van der Waals surface area contributed by atoms with Gasteiger partial charge >= 0.3 is 5.97 Å². The van der Waals surface area contributed by atoms with Crippen molar-refractivity contribution >= 4 is 18.4 Å². The summed E-state index contributed by atoms with van der Waals surface area (Å²) in [5.74, 6) is 0.948. The number of rotatable bonds is 7. The molecule has 0 bridgehead atoms. The van der Waals surface area contributed by atoms with E-state index in [0.29, 0.717) is 24.1 Å². The van der Waals surface area contributed by atoms with Crippen molar-refractivity contribution in [1.29, 1.82) is 0 Å². The largest absolute Gasteiger partial charge is 0.491 e. The molecule has 0 aliphatic heterocycles. The third-order valence-electron chi connectivity index (χ3n) is 3.42. The molecule has 1 atom stereocenters. The predicted octanol–water partition coefficient (Wildman–Crippen LogP) is 2.70. The summed E-state index contributed by atoms with van der Waals surface area (Å²) in [6, 6.07) is 2.16. The molecule has 0 aromatic heterocycles. The van der Waals surface area contributed by atoms with Crippen molar-refractivity contribution in [2.75, 3.05) is 13.2 Å². The fourth-order valence-electron chi connectivity index (χ4n) is 2.09. The van der Waals surface area contributed by atoms with E-state index >= 15 is 0 Å². The van der Waals surface area contributed by atoms with Crippen LogP contribution in [0.25, 0.3) is 0 Å². The van der Waals surface area contributed by atoms with Crippen molar-refractivity contribution in [2.24, 2.45) is 0 Å². The third kappa shape index (κ3) is 6.77. The molecule has 0 radical (unpaired) electrons. The van der Waals surface area contributed by atoms with Crippen LogP contribution in [-0.2, 0) is 4.79 Å². The second-order valence-electron chi connectivity index (χ2n) is 5.89. The van der Waals surface area contributed by atoms with Gasteiger partial charge in [0.15, 0.2) is 0 Å². The Morgan fingerprint density at radius 1 is 1.26 bits per heavy atom. The van der Waals surface area contributed by atoms with Gasteiger partial charge < -0.3 is 19.9 Å². The first-order valence-corrected chi connectivity index (χ1v) is 7.55. The van der Waals surface area contributed by atoms with Crippen molar-refractivity contribution < 1.29 is 19.4 Å². The van der Waals surface area contributed by atoms with Crippen LogP contribution < -0.4 is 14.8 Å². The van der Waals surface area contributed by atoms with Crippen LogP contribution in [0.2, 0.25) is 0 Å². The number of carbonyl (C=O) groups is 1. The molecule has 0 aliphatic rings. The molecule has 5 nitrogen and oxygen atoms in total. The van der Waals surface area contributed by atoms with Crippen LogP contribution in [0.5, 0.6) is 11.5 Å². The fourth-order valence-corrected chi connectivity index (χ4v) is 2.09. The summed E-state index contributed by atoms with van der Waals surface area (Å²) in [5.41, 5.74) is 2.62. The molecule has 1 aromatic rings. The molecule has 23 heavy (non-hydrogen) atoms. The molecule has 0 unspecified atom stereocenters. The van der Waals surface area contributed by atoms with Crippen molar-refractivity contribution in [1.82, 2.24) is 5.32 Å². The van der Waals surface area contributed by atoms with E-state index in [1.807, 2.05) is 40.7 Å². The highest BCUT2D eigenvalue weighted by Crippen LogP contribution is 2.33. The molecule has 0 saturated heterocycles. The van der Waals surface area contributed by atoms with E-state index in [1.54, 1.807) is 0 Å². The van der Waals surface area contributed by atoms with Gasteiger partial charge in [0.2, 0.25) is 0 Å². The monoisotopic (exact) mass is 345 g/mol. The van der Waals surface area contributed by atoms with Crippen LogP contribution in [-0.4, -0.2) is 36.4 Å². The maximum absolute atomic E-state index is 11.2. The Labute approximate surface area is 144 Å². The van der Waals surface area contributed by atoms with Crippen molar-refractivity contribution in [2.45, 2.75) is 53.7 Å². The smallest absolute Gasteiger partial charge is 0.308 e. The minimum absolute atomic E-state index is 0. The Balaban J connectivity index is 0.00000484. The average molecular weight is 346 g/mol. The van der Waals surface area contributed by atoms with Crippen molar-refractivity contribution in [3.05, 3.63) is 22.8 Å². The number of hydrogen-bond donors (Lipinski definition) is 2. The number of ether oxygens (including phenoxy) is 2. The lowest BCUT2D eigenvalue weighted by molar-refractivity contribution is -0.131. The second kappa shape index (κ2) is 9.75. The molecule has 1 aromatic carbocycles. The summed E-state index contributed by atoms with van der Waals surface area (Å²) in [5, 5.41) is 13.1. The lowest BCUT2D eigenvalue weighted by Gasteiger charge is -2.19. The Morgan fingerprint density at radius 3 is 2.39 bits per heavy atom. The lowest BCUT2D eigenvalue weighted by atomic mass is 10.0. The molecule has 0 aliphatic carbocycles. The summed E-state index contributed by atoms with van der Waals surface area (Å²) in [7, 11) is 0. The van der Waals surface area contributed by atoms with Crippen molar-refractivity contribution in [3.63, 3.8) is 0 Å². The zero-order chi connectivity index (χ0) is 16.9. The molecular weight excluding hydrogens is 318 g/mol. The third-order valence-corrected chi connectivity index (χ3v) is 3.42. The molecule has 2 N–H and O–H groups in total. The molecular formula is C17H28ClNO4. The first kappa shape index (κ1) is 21.7. The van der Waals surface area contributed by atoms with Gasteiger partial charge in [0.1, 0.15) is 24.2 Å². The van der Waals surface area contributed by atoms with Crippen LogP contribution in [0.1, 0.15) is 37.5 Å². The van der Waals surface area contributed by atoms with E-state index in [2.05, 4.69) is 5.32 Å². The summed E-state index contributed by atoms with van der Waals surface area (Å²) in [6.45, 7) is 11.8. The zero-order valence-electron chi connectivity index (χ0n) is 14.7. The topological polar surface area (TPSA) is 67.8 Å². The van der Waals surface area contributed by atoms with Crippen LogP contribution in [0.3, 0.4) is 0 Å². The number of aryl methyl sites for hydroxylation is 1. The quantitative estimate of drug-likeness (QED) is 0.587. The van der Waals surface area contributed by atoms with E-state index in [-0.39, 0.29) is 25.0 Å². The Hall–Kier alpha value is -1.30. The lowest BCUT2D eigenvalue weighted by Crippen LogP contribution is -2.35. The number of nitrogens with one attached hydrogen (secondary N) is 1. The van der Waals surface area contributed by atoms with Crippen molar-refractivity contribution in [3.8, 4) is 11.5 Å². The number of benzene rings is 1. The summed E-state index contributed by atoms with van der Waals surface area (Å²) >= 11 is 0. The van der Waals surface area contributed by atoms with Gasteiger partial charge in [-0.05, 0) is 43.5 Å². The maximum Gasteiger partial charge on any atom is 0.308 e. The normalized spacial score (nSPS) is 11.8. The van der Waals surface area contributed by atoms with Gasteiger partial charge in [-0.15, -0.1) is 12.4 Å². The minimum atomic E-state index is -0.574. The molecule has 0 saturated carbocycles. The number of aliphatic hydroxyl groups is 1. The minimum Gasteiger partial charge on any atom is -0.491 e. The highest BCUT2D eigenvalue weighted by molar-refractivity contribution is 5.85. The first-order chi connectivity index (χ1) is 10.2. The van der Waals surface area contributed by atoms with Crippen LogP contribution in [0.4, 0.5) is 0 Å². The molecule has 1 rings (SSSR count). The molecule has 6 heteroatoms. The average Bonchev–Trinajstić information content (AvgIpc) is 2.43. The van der Waals surface area contributed by atoms with Gasteiger partial charge in [-0.25, -0.2) is 0 Å². The van der Waals surface area contributed by atoms with Gasteiger partial charge in [-0.2, -0.15) is 0 Å². The SMILES string of the molecule is CC(=O)Oc1c(C)cc(OC[C@@H](O)CNC(C)C)c(C)c1C.Cl. The highest BCUT2D eigenvalue weighted by Gasteiger charge is 2.15. The van der Waals surface area contributed by atoms with E-state index in [4.69, 9.17) is 9.47 Å². The van der Waals surface area contributed by atoms with Gasteiger partial charge in [0.25, 0.3) is 0 Å². The van der Waals surface area contributed by atoms with Crippen LogP contribution in [0, 0.1) is 20.8 Å². The molecule has 0 spiro atoms. The highest BCUT2D eigenvalue weighted by atomic mass is 35.5. The Morgan fingerprint density at radius 2 is 1.87 bits per heavy atom. The summed E-state index contributed by atoms with van der Waals surface area (Å²) < 4.78 is 11.0. The summed E-state index contributed by atoms with van der Waals surface area (Å²) in [6.07, 6.45) is -0.574. The first-order valence-electron chi connectivity index (χ1n) is 7.55. The molecule has 0 fully saturated rings. The fraction of sp³-hybridized carbons (Fsp3) is 0.588. The number of aliphatic hydroxyl groups excluding tert-OH is 1. The molecule has 0 amide bonds. The van der Waals surface area contributed by atoms with Gasteiger partial charge in [0, 0.05) is 19.5 Å². The second-order valence-corrected chi connectivity index (χ2v) is 5.89. The van der Waals surface area contributed by atoms with Gasteiger partial charge in [-0.3, -0.25) is 4.79 Å². The summed E-state index contributed by atoms with van der Waals surface area (Å²) in [4.78, 5) is 11.2. The Bertz CT molecular complexity index is 532. The maximum atomic E-state index is 11.2. The van der Waals surface area contributed by atoms with Crippen LogP contribution in [0.15, 0.2) is 6.07 Å². The molecule has 132 valence electrons. The van der Waals surface area contributed by atoms with E-state index in [9.17, 15) is 9.90 Å². The standard InChI is InChI=1S/C17H27NO4.ClH/c1-10(2)18-8-15(20)9-21-16-7-11(3)17(22-14(6)19)13(5)12(16)4;/h7,10,15,18,20H,8-9H2,1-6H3;1H/t15-;/m0./s1. The number of halogens is 1. The number of esters is 1. The van der Waals surface area contributed by atoms with E-state index in [0.717, 1.165) is 16.7 Å². The Kier molecular flexibility index (Phi) is 9.20. The van der Waals surface area contributed by atoms with E-state index in [1.165, 1.54) is 6.92 Å². The van der Waals surface area contributed by atoms with E-state index < -0.39 is 6.10 Å². The van der Waals surface area contributed by atoms with Crippen LogP contribution >= 0.6 is 12.4 Å². The zero-order valence-corrected chi connectivity index (χ0v) is 15.5.